The molecule has 0 unspecified atom stereocenters. The minimum atomic E-state index is -0.456. The van der Waals surface area contributed by atoms with Crippen molar-refractivity contribution >= 4 is 17.5 Å². The van der Waals surface area contributed by atoms with Crippen molar-refractivity contribution in [2.45, 2.75) is 13.6 Å². The van der Waals surface area contributed by atoms with Gasteiger partial charge in [-0.25, -0.2) is 4.79 Å². The first kappa shape index (κ1) is 12.4. The maximum absolute atomic E-state index is 11.6. The Bertz CT molecular complexity index is 613. The van der Waals surface area contributed by atoms with E-state index in [2.05, 4.69) is 5.32 Å². The molecule has 0 aliphatic rings. The average molecular weight is 267 g/mol. The molecule has 18 heavy (non-hydrogen) atoms. The predicted molar refractivity (Wildman–Crippen MR) is 67.2 cm³/mol. The first-order valence-corrected chi connectivity index (χ1v) is 5.65. The lowest BCUT2D eigenvalue weighted by molar-refractivity contribution is -0.119. The second-order valence-corrected chi connectivity index (χ2v) is 4.17. The van der Waals surface area contributed by atoms with E-state index in [1.165, 1.54) is 11.7 Å². The van der Waals surface area contributed by atoms with Crippen LogP contribution in [0.2, 0.25) is 5.02 Å². The van der Waals surface area contributed by atoms with Crippen LogP contribution in [0.3, 0.4) is 0 Å². The summed E-state index contributed by atoms with van der Waals surface area (Å²) in [6.45, 7) is 1.51. The van der Waals surface area contributed by atoms with Crippen LogP contribution in [0.25, 0.3) is 11.1 Å². The van der Waals surface area contributed by atoms with E-state index in [0.29, 0.717) is 10.6 Å². The summed E-state index contributed by atoms with van der Waals surface area (Å²) < 4.78 is 6.23. The number of hydrogen-bond donors (Lipinski definition) is 1. The fourth-order valence-electron chi connectivity index (χ4n) is 1.47. The van der Waals surface area contributed by atoms with Crippen LogP contribution >= 0.6 is 11.6 Å². The molecule has 94 valence electrons. The third-order valence-electron chi connectivity index (χ3n) is 2.33. The van der Waals surface area contributed by atoms with Gasteiger partial charge in [-0.05, 0) is 17.7 Å². The zero-order chi connectivity index (χ0) is 13.1. The van der Waals surface area contributed by atoms with Crippen molar-refractivity contribution in [3.8, 4) is 11.1 Å². The Morgan fingerprint density at radius 2 is 2.06 bits per heavy atom. The molecule has 2 rings (SSSR count). The zero-order valence-corrected chi connectivity index (χ0v) is 10.4. The van der Waals surface area contributed by atoms with Crippen molar-refractivity contribution in [2.24, 2.45) is 0 Å². The molecule has 5 nitrogen and oxygen atoms in total. The lowest BCUT2D eigenvalue weighted by Gasteiger charge is -1.99. The van der Waals surface area contributed by atoms with E-state index in [1.54, 1.807) is 30.5 Å². The van der Waals surface area contributed by atoms with E-state index in [9.17, 15) is 9.59 Å². The SMILES string of the molecule is CC(=O)NCn1cc(-c2ccc(Cl)cc2)c(=O)o1. The standard InChI is InChI=1S/C12H11ClN2O3/c1-8(16)14-7-15-6-11(12(17)18-15)9-2-4-10(13)5-3-9/h2-6H,7H2,1H3,(H,14,16). The molecule has 1 N–H and O–H groups in total. The lowest BCUT2D eigenvalue weighted by atomic mass is 10.1. The van der Waals surface area contributed by atoms with Crippen LogP contribution in [0.4, 0.5) is 0 Å². The molecule has 0 fully saturated rings. The van der Waals surface area contributed by atoms with Crippen LogP contribution < -0.4 is 10.9 Å². The van der Waals surface area contributed by atoms with Gasteiger partial charge in [0.05, 0.1) is 11.8 Å². The van der Waals surface area contributed by atoms with Crippen molar-refractivity contribution in [2.75, 3.05) is 0 Å². The summed E-state index contributed by atoms with van der Waals surface area (Å²) in [5.74, 6) is -0.195. The van der Waals surface area contributed by atoms with Crippen LogP contribution in [0.15, 0.2) is 39.8 Å². The Kier molecular flexibility index (Phi) is 3.53. The highest BCUT2D eigenvalue weighted by Gasteiger charge is 2.09. The molecule has 1 amide bonds. The molecular weight excluding hydrogens is 256 g/mol. The number of hydrogen-bond acceptors (Lipinski definition) is 3. The molecule has 1 aromatic carbocycles. The molecule has 6 heteroatoms. The highest BCUT2D eigenvalue weighted by atomic mass is 35.5. The van der Waals surface area contributed by atoms with Gasteiger partial charge in [-0.3, -0.25) is 4.79 Å². The molecule has 0 spiro atoms. The number of carbonyl (C=O) groups excluding carboxylic acids is 1. The van der Waals surface area contributed by atoms with Crippen LogP contribution in [-0.4, -0.2) is 10.6 Å². The van der Waals surface area contributed by atoms with Gasteiger partial charge < -0.3 is 9.84 Å². The van der Waals surface area contributed by atoms with Crippen LogP contribution in [-0.2, 0) is 11.5 Å². The Morgan fingerprint density at radius 1 is 1.39 bits per heavy atom. The largest absolute Gasteiger partial charge is 0.365 e. The Balaban J connectivity index is 2.26. The van der Waals surface area contributed by atoms with Crippen LogP contribution in [0.1, 0.15) is 6.92 Å². The maximum Gasteiger partial charge on any atom is 0.365 e. The van der Waals surface area contributed by atoms with Crippen molar-refractivity contribution in [1.82, 2.24) is 10.1 Å². The van der Waals surface area contributed by atoms with E-state index in [1.807, 2.05) is 0 Å². The smallest absolute Gasteiger partial charge is 0.336 e. The van der Waals surface area contributed by atoms with Gasteiger partial charge in [-0.2, -0.15) is 4.74 Å². The van der Waals surface area contributed by atoms with Crippen molar-refractivity contribution in [3.05, 3.63) is 45.9 Å². The van der Waals surface area contributed by atoms with E-state index >= 15 is 0 Å². The topological polar surface area (TPSA) is 64.2 Å². The highest BCUT2D eigenvalue weighted by molar-refractivity contribution is 6.30. The first-order valence-electron chi connectivity index (χ1n) is 5.27. The Morgan fingerprint density at radius 3 is 2.67 bits per heavy atom. The second-order valence-electron chi connectivity index (χ2n) is 3.74. The fourth-order valence-corrected chi connectivity index (χ4v) is 1.59. The quantitative estimate of drug-likeness (QED) is 0.922. The van der Waals surface area contributed by atoms with Gasteiger partial charge in [-0.15, -0.1) is 0 Å². The van der Waals surface area contributed by atoms with E-state index in [-0.39, 0.29) is 12.6 Å². The number of carbonyl (C=O) groups is 1. The van der Waals surface area contributed by atoms with Gasteiger partial charge in [0.15, 0.2) is 0 Å². The molecule has 0 radical (unpaired) electrons. The Hall–Kier alpha value is -2.01. The summed E-state index contributed by atoms with van der Waals surface area (Å²) in [5.41, 5.74) is 0.689. The number of aromatic nitrogens is 1. The van der Waals surface area contributed by atoms with Crippen molar-refractivity contribution in [1.29, 1.82) is 0 Å². The van der Waals surface area contributed by atoms with Gasteiger partial charge in [0.2, 0.25) is 5.91 Å². The third kappa shape index (κ3) is 2.81. The molecule has 1 heterocycles. The molecule has 0 aliphatic carbocycles. The number of nitrogens with zero attached hydrogens (tertiary/aromatic N) is 1. The number of rotatable bonds is 3. The molecule has 0 bridgehead atoms. The van der Waals surface area contributed by atoms with Gasteiger partial charge >= 0.3 is 5.63 Å². The molecule has 2 aromatic rings. The zero-order valence-electron chi connectivity index (χ0n) is 9.64. The number of nitrogens with one attached hydrogen (secondary N) is 1. The number of halogens is 1. The lowest BCUT2D eigenvalue weighted by Crippen LogP contribution is -2.22. The average Bonchev–Trinajstić information content (AvgIpc) is 2.69. The molecule has 0 atom stereocenters. The summed E-state index contributed by atoms with van der Waals surface area (Å²) in [6, 6.07) is 6.86. The van der Waals surface area contributed by atoms with Gasteiger partial charge in [0.1, 0.15) is 6.67 Å². The molecule has 0 saturated heterocycles. The third-order valence-corrected chi connectivity index (χ3v) is 2.58. The predicted octanol–water partition coefficient (Wildman–Crippen LogP) is 1.86. The van der Waals surface area contributed by atoms with Gasteiger partial charge in [0, 0.05) is 11.9 Å². The van der Waals surface area contributed by atoms with E-state index in [4.69, 9.17) is 16.1 Å². The van der Waals surface area contributed by atoms with Crippen LogP contribution in [0, 0.1) is 0 Å². The minimum absolute atomic E-state index is 0.123. The number of amides is 1. The summed E-state index contributed by atoms with van der Waals surface area (Å²) in [7, 11) is 0. The van der Waals surface area contributed by atoms with Gasteiger partial charge in [0.25, 0.3) is 0 Å². The summed E-state index contributed by atoms with van der Waals surface area (Å²) >= 11 is 5.77. The summed E-state index contributed by atoms with van der Waals surface area (Å²) in [5, 5.41) is 3.13. The molecule has 0 saturated carbocycles. The first-order chi connectivity index (χ1) is 8.56. The van der Waals surface area contributed by atoms with Crippen molar-refractivity contribution in [3.63, 3.8) is 0 Å². The highest BCUT2D eigenvalue weighted by Crippen LogP contribution is 2.18. The fraction of sp³-hybridized carbons (Fsp3) is 0.167. The van der Waals surface area contributed by atoms with Gasteiger partial charge in [-0.1, -0.05) is 23.7 Å². The number of benzene rings is 1. The summed E-state index contributed by atoms with van der Waals surface area (Å²) in [4.78, 5) is 22.4. The minimum Gasteiger partial charge on any atom is -0.336 e. The van der Waals surface area contributed by atoms with E-state index in [0.717, 1.165) is 5.56 Å². The maximum atomic E-state index is 11.6. The monoisotopic (exact) mass is 266 g/mol. The van der Waals surface area contributed by atoms with Crippen molar-refractivity contribution < 1.29 is 9.32 Å². The summed E-state index contributed by atoms with van der Waals surface area (Å²) in [6.07, 6.45) is 1.54. The molecule has 1 aromatic heterocycles. The normalized spacial score (nSPS) is 10.3. The molecular formula is C12H11ClN2O3. The van der Waals surface area contributed by atoms with E-state index < -0.39 is 5.63 Å². The Labute approximate surface area is 108 Å². The second kappa shape index (κ2) is 5.10. The molecule has 0 aliphatic heterocycles. The van der Waals surface area contributed by atoms with Crippen LogP contribution in [0.5, 0.6) is 0 Å².